The first kappa shape index (κ1) is 12.7. The molecule has 1 aromatic carbocycles. The monoisotopic (exact) mass is 268 g/mol. The van der Waals surface area contributed by atoms with Crippen LogP contribution in [0.5, 0.6) is 5.75 Å². The maximum Gasteiger partial charge on any atom is 0.255 e. The summed E-state index contributed by atoms with van der Waals surface area (Å²) in [6, 6.07) is 9.02. The van der Waals surface area contributed by atoms with Crippen LogP contribution in [-0.4, -0.2) is 27.4 Å². The van der Waals surface area contributed by atoms with Gasteiger partial charge in [0.25, 0.3) is 5.91 Å². The third-order valence-electron chi connectivity index (χ3n) is 3.65. The number of aryl methyl sites for hydroxylation is 1. The second kappa shape index (κ2) is 4.96. The van der Waals surface area contributed by atoms with Crippen LogP contribution in [0, 0.1) is 6.92 Å². The molecular weight excluding hydrogens is 252 g/mol. The summed E-state index contributed by atoms with van der Waals surface area (Å²) < 4.78 is 0. The van der Waals surface area contributed by atoms with Crippen molar-refractivity contribution in [2.24, 2.45) is 0 Å². The van der Waals surface area contributed by atoms with Crippen molar-refractivity contribution in [1.29, 1.82) is 0 Å². The molecule has 0 spiro atoms. The van der Waals surface area contributed by atoms with Crippen LogP contribution >= 0.6 is 0 Å². The fourth-order valence-corrected chi connectivity index (χ4v) is 2.49. The molecule has 20 heavy (non-hydrogen) atoms. The molecule has 1 aliphatic rings. The first-order valence-electron chi connectivity index (χ1n) is 6.66. The molecule has 0 atom stereocenters. The van der Waals surface area contributed by atoms with E-state index in [1.165, 1.54) is 5.56 Å². The molecule has 102 valence electrons. The highest BCUT2D eigenvalue weighted by Gasteiger charge is 2.22. The van der Waals surface area contributed by atoms with E-state index in [-0.39, 0.29) is 11.7 Å². The standard InChI is InChI=1S/C16H16N2O2/c1-11-2-3-13(9-17-11)16(20)18-7-6-12-4-5-15(19)8-14(12)10-18/h2-5,8-9,19H,6-7,10H2,1H3. The molecule has 1 N–H and O–H groups in total. The van der Waals surface area contributed by atoms with Gasteiger partial charge in [0.1, 0.15) is 5.75 Å². The highest BCUT2D eigenvalue weighted by atomic mass is 16.3. The molecule has 3 rings (SSSR count). The van der Waals surface area contributed by atoms with Gasteiger partial charge in [0.15, 0.2) is 0 Å². The quantitative estimate of drug-likeness (QED) is 0.863. The summed E-state index contributed by atoms with van der Waals surface area (Å²) in [5.41, 5.74) is 3.73. The van der Waals surface area contributed by atoms with Crippen molar-refractivity contribution in [2.45, 2.75) is 19.9 Å². The number of phenolic OH excluding ortho intramolecular Hbond substituents is 1. The van der Waals surface area contributed by atoms with Crippen molar-refractivity contribution in [2.75, 3.05) is 6.54 Å². The first-order valence-corrected chi connectivity index (χ1v) is 6.66. The lowest BCUT2D eigenvalue weighted by Crippen LogP contribution is -2.36. The van der Waals surface area contributed by atoms with E-state index in [1.54, 1.807) is 23.2 Å². The van der Waals surface area contributed by atoms with Gasteiger partial charge in [0.2, 0.25) is 0 Å². The minimum atomic E-state index is -0.00788. The summed E-state index contributed by atoms with van der Waals surface area (Å²) in [7, 11) is 0. The van der Waals surface area contributed by atoms with Crippen molar-refractivity contribution >= 4 is 5.91 Å². The van der Waals surface area contributed by atoms with Crippen LogP contribution in [0.1, 0.15) is 27.2 Å². The number of aromatic nitrogens is 1. The van der Waals surface area contributed by atoms with Gasteiger partial charge in [-0.15, -0.1) is 0 Å². The van der Waals surface area contributed by atoms with Gasteiger partial charge in [0.05, 0.1) is 5.56 Å². The lowest BCUT2D eigenvalue weighted by Gasteiger charge is -2.29. The Hall–Kier alpha value is -2.36. The van der Waals surface area contributed by atoms with Crippen molar-refractivity contribution in [3.8, 4) is 5.75 Å². The van der Waals surface area contributed by atoms with E-state index in [9.17, 15) is 9.90 Å². The lowest BCUT2D eigenvalue weighted by molar-refractivity contribution is 0.0734. The Morgan fingerprint density at radius 3 is 2.85 bits per heavy atom. The molecule has 0 saturated carbocycles. The average molecular weight is 268 g/mol. The molecule has 2 heterocycles. The molecule has 0 unspecified atom stereocenters. The Morgan fingerprint density at radius 1 is 1.25 bits per heavy atom. The summed E-state index contributed by atoms with van der Waals surface area (Å²) in [5, 5.41) is 9.55. The van der Waals surface area contributed by atoms with Crippen molar-refractivity contribution < 1.29 is 9.90 Å². The number of pyridine rings is 1. The number of hydrogen-bond acceptors (Lipinski definition) is 3. The van der Waals surface area contributed by atoms with E-state index in [2.05, 4.69) is 4.98 Å². The number of hydrogen-bond donors (Lipinski definition) is 1. The zero-order valence-electron chi connectivity index (χ0n) is 11.3. The maximum absolute atomic E-state index is 12.4. The molecular formula is C16H16N2O2. The molecule has 0 saturated heterocycles. The molecule has 4 heteroatoms. The Kier molecular flexibility index (Phi) is 3.14. The van der Waals surface area contributed by atoms with E-state index in [0.717, 1.165) is 17.7 Å². The van der Waals surface area contributed by atoms with Crippen molar-refractivity contribution in [1.82, 2.24) is 9.88 Å². The third-order valence-corrected chi connectivity index (χ3v) is 3.65. The summed E-state index contributed by atoms with van der Waals surface area (Å²) in [6.07, 6.45) is 2.44. The van der Waals surface area contributed by atoms with Crippen LogP contribution in [0.3, 0.4) is 0 Å². The highest BCUT2D eigenvalue weighted by Crippen LogP contribution is 2.24. The number of aromatic hydroxyl groups is 1. The molecule has 0 radical (unpaired) electrons. The largest absolute Gasteiger partial charge is 0.508 e. The topological polar surface area (TPSA) is 53.4 Å². The number of benzene rings is 1. The molecule has 0 aliphatic carbocycles. The molecule has 4 nitrogen and oxygen atoms in total. The minimum absolute atomic E-state index is 0.00788. The molecule has 1 amide bonds. The van der Waals surface area contributed by atoms with Crippen LogP contribution < -0.4 is 0 Å². The molecule has 0 fully saturated rings. The van der Waals surface area contributed by atoms with Gasteiger partial charge >= 0.3 is 0 Å². The predicted molar refractivity (Wildman–Crippen MR) is 75.5 cm³/mol. The molecule has 1 aromatic heterocycles. The summed E-state index contributed by atoms with van der Waals surface area (Å²) in [6.45, 7) is 3.13. The van der Waals surface area contributed by atoms with Crippen LogP contribution in [0.25, 0.3) is 0 Å². The number of nitrogens with zero attached hydrogens (tertiary/aromatic N) is 2. The Labute approximate surface area is 117 Å². The second-order valence-corrected chi connectivity index (χ2v) is 5.12. The minimum Gasteiger partial charge on any atom is -0.508 e. The van der Waals surface area contributed by atoms with Crippen LogP contribution in [0.2, 0.25) is 0 Å². The maximum atomic E-state index is 12.4. The lowest BCUT2D eigenvalue weighted by atomic mass is 9.99. The second-order valence-electron chi connectivity index (χ2n) is 5.12. The van der Waals surface area contributed by atoms with Gasteiger partial charge < -0.3 is 10.0 Å². The zero-order chi connectivity index (χ0) is 14.1. The zero-order valence-corrected chi connectivity index (χ0v) is 11.3. The van der Waals surface area contributed by atoms with Crippen LogP contribution in [-0.2, 0) is 13.0 Å². The molecule has 1 aliphatic heterocycles. The van der Waals surface area contributed by atoms with Gasteiger partial charge in [-0.2, -0.15) is 0 Å². The fraction of sp³-hybridized carbons (Fsp3) is 0.250. The molecule has 2 aromatic rings. The van der Waals surface area contributed by atoms with Crippen LogP contribution in [0.4, 0.5) is 0 Å². The normalized spacial score (nSPS) is 13.9. The highest BCUT2D eigenvalue weighted by molar-refractivity contribution is 5.94. The average Bonchev–Trinajstić information content (AvgIpc) is 2.46. The Balaban J connectivity index is 1.82. The molecule has 0 bridgehead atoms. The number of phenols is 1. The van der Waals surface area contributed by atoms with Crippen molar-refractivity contribution in [3.63, 3.8) is 0 Å². The van der Waals surface area contributed by atoms with Gasteiger partial charge in [-0.1, -0.05) is 6.07 Å². The van der Waals surface area contributed by atoms with E-state index >= 15 is 0 Å². The number of carbonyl (C=O) groups is 1. The third kappa shape index (κ3) is 2.37. The van der Waals surface area contributed by atoms with Gasteiger partial charge in [0, 0.05) is 25.0 Å². The number of rotatable bonds is 1. The summed E-state index contributed by atoms with van der Waals surface area (Å²) in [4.78, 5) is 18.4. The van der Waals surface area contributed by atoms with E-state index < -0.39 is 0 Å². The number of carbonyl (C=O) groups excluding carboxylic acids is 1. The number of fused-ring (bicyclic) bond motifs is 1. The predicted octanol–water partition coefficient (Wildman–Crippen LogP) is 2.29. The van der Waals surface area contributed by atoms with Crippen molar-refractivity contribution in [3.05, 3.63) is 58.9 Å². The fourth-order valence-electron chi connectivity index (χ4n) is 2.49. The summed E-state index contributed by atoms with van der Waals surface area (Å²) in [5.74, 6) is 0.238. The van der Waals surface area contributed by atoms with E-state index in [0.29, 0.717) is 18.7 Å². The van der Waals surface area contributed by atoms with Gasteiger partial charge in [-0.05, 0) is 48.7 Å². The SMILES string of the molecule is Cc1ccc(C(=O)N2CCc3ccc(O)cc3C2)cn1. The van der Waals surface area contributed by atoms with Crippen LogP contribution in [0.15, 0.2) is 36.5 Å². The Bertz CT molecular complexity index is 650. The smallest absolute Gasteiger partial charge is 0.255 e. The first-order chi connectivity index (χ1) is 9.63. The van der Waals surface area contributed by atoms with E-state index in [4.69, 9.17) is 0 Å². The number of amides is 1. The van der Waals surface area contributed by atoms with E-state index in [1.807, 2.05) is 25.1 Å². The van der Waals surface area contributed by atoms with Gasteiger partial charge in [-0.3, -0.25) is 9.78 Å². The Morgan fingerprint density at radius 2 is 2.10 bits per heavy atom. The summed E-state index contributed by atoms with van der Waals surface area (Å²) >= 11 is 0. The van der Waals surface area contributed by atoms with Gasteiger partial charge in [-0.25, -0.2) is 0 Å².